The molecule has 0 aliphatic heterocycles. The number of hydrogen-bond donors (Lipinski definition) is 1. The van der Waals surface area contributed by atoms with Crippen molar-refractivity contribution in [1.29, 1.82) is 0 Å². The number of tetrazole rings is 1. The monoisotopic (exact) mass is 469 g/mol. The first-order valence-electron chi connectivity index (χ1n) is 13.0. The van der Waals surface area contributed by atoms with Crippen molar-refractivity contribution in [3.05, 3.63) is 65.7 Å². The Morgan fingerprint density at radius 1 is 0.971 bits per heavy atom. The number of nitrogens with one attached hydrogen (secondary N) is 1. The van der Waals surface area contributed by atoms with Crippen LogP contribution in [0.25, 0.3) is 22.5 Å². The SMILES string of the molecule is CC(C)Cn1nc(CCC2CCCCC2)nc1Cc1ccc(-c2ccccc2-c2nnn[nH]2)cc1. The van der Waals surface area contributed by atoms with Gasteiger partial charge in [-0.1, -0.05) is 94.5 Å². The summed E-state index contributed by atoms with van der Waals surface area (Å²) in [5, 5.41) is 19.3. The lowest BCUT2D eigenvalue weighted by Crippen LogP contribution is -2.11. The average Bonchev–Trinajstić information content (AvgIpc) is 3.54. The van der Waals surface area contributed by atoms with Crippen molar-refractivity contribution in [3.63, 3.8) is 0 Å². The molecule has 0 atom stereocenters. The summed E-state index contributed by atoms with van der Waals surface area (Å²) in [4.78, 5) is 5.00. The van der Waals surface area contributed by atoms with Crippen molar-refractivity contribution >= 4 is 0 Å². The molecule has 0 spiro atoms. The second kappa shape index (κ2) is 10.9. The summed E-state index contributed by atoms with van der Waals surface area (Å²) >= 11 is 0. The highest BCUT2D eigenvalue weighted by Gasteiger charge is 2.17. The Bertz CT molecular complexity index is 1200. The minimum Gasteiger partial charge on any atom is -0.249 e. The molecule has 1 aliphatic rings. The van der Waals surface area contributed by atoms with Gasteiger partial charge in [0, 0.05) is 24.9 Å². The number of nitrogens with zero attached hydrogens (tertiary/aromatic N) is 6. The molecule has 182 valence electrons. The molecule has 1 aliphatic carbocycles. The molecule has 1 fully saturated rings. The Labute approximate surface area is 207 Å². The van der Waals surface area contributed by atoms with Crippen LogP contribution in [-0.4, -0.2) is 35.4 Å². The van der Waals surface area contributed by atoms with E-state index in [0.717, 1.165) is 53.6 Å². The molecule has 2 heterocycles. The topological polar surface area (TPSA) is 85.2 Å². The van der Waals surface area contributed by atoms with Crippen LogP contribution in [-0.2, 0) is 19.4 Å². The quantitative estimate of drug-likeness (QED) is 0.331. The Hall–Kier alpha value is -3.35. The van der Waals surface area contributed by atoms with Crippen LogP contribution in [0.2, 0.25) is 0 Å². The molecule has 7 heteroatoms. The van der Waals surface area contributed by atoms with E-state index in [2.05, 4.69) is 69.5 Å². The lowest BCUT2D eigenvalue weighted by Gasteiger charge is -2.20. The van der Waals surface area contributed by atoms with Gasteiger partial charge < -0.3 is 0 Å². The molecule has 0 bridgehead atoms. The summed E-state index contributed by atoms with van der Waals surface area (Å²) in [6.45, 7) is 5.38. The van der Waals surface area contributed by atoms with E-state index in [1.54, 1.807) is 0 Å². The van der Waals surface area contributed by atoms with Gasteiger partial charge in [0.05, 0.1) is 0 Å². The summed E-state index contributed by atoms with van der Waals surface area (Å²) in [6, 6.07) is 16.9. The first-order chi connectivity index (χ1) is 17.2. The van der Waals surface area contributed by atoms with Crippen LogP contribution in [0.3, 0.4) is 0 Å². The molecule has 2 aromatic heterocycles. The number of H-pyrrole nitrogens is 1. The predicted octanol–water partition coefficient (Wildman–Crippen LogP) is 5.88. The standard InChI is InChI=1S/C28H35N7/c1-20(2)19-35-27(29-26(32-35)17-14-21-8-4-3-5-9-21)18-22-12-15-23(16-13-22)24-10-6-7-11-25(24)28-30-33-34-31-28/h6-7,10-13,15-16,20-21H,3-5,8-9,14,17-19H2,1-2H3,(H,30,31,33,34). The molecule has 0 unspecified atom stereocenters. The van der Waals surface area contributed by atoms with Crippen molar-refractivity contribution in [2.24, 2.45) is 11.8 Å². The Morgan fingerprint density at radius 2 is 1.74 bits per heavy atom. The van der Waals surface area contributed by atoms with Crippen molar-refractivity contribution in [2.45, 2.75) is 71.8 Å². The third-order valence-corrected chi connectivity index (χ3v) is 6.99. The largest absolute Gasteiger partial charge is 0.249 e. The molecular formula is C28H35N7. The van der Waals surface area contributed by atoms with Gasteiger partial charge in [-0.3, -0.25) is 0 Å². The maximum absolute atomic E-state index is 5.00. The zero-order valence-corrected chi connectivity index (χ0v) is 20.8. The van der Waals surface area contributed by atoms with E-state index in [0.29, 0.717) is 11.7 Å². The number of hydrogen-bond acceptors (Lipinski definition) is 5. The molecule has 0 saturated heterocycles. The molecule has 2 aromatic carbocycles. The summed E-state index contributed by atoms with van der Waals surface area (Å²) in [7, 11) is 0. The molecule has 35 heavy (non-hydrogen) atoms. The van der Waals surface area contributed by atoms with E-state index < -0.39 is 0 Å². The van der Waals surface area contributed by atoms with Crippen LogP contribution in [0.4, 0.5) is 0 Å². The van der Waals surface area contributed by atoms with Crippen molar-refractivity contribution in [1.82, 2.24) is 35.4 Å². The van der Waals surface area contributed by atoms with Crippen LogP contribution in [0.5, 0.6) is 0 Å². The maximum Gasteiger partial charge on any atom is 0.180 e. The smallest absolute Gasteiger partial charge is 0.180 e. The molecule has 0 radical (unpaired) electrons. The van der Waals surface area contributed by atoms with Crippen LogP contribution in [0, 0.1) is 11.8 Å². The summed E-state index contributed by atoms with van der Waals surface area (Å²) < 4.78 is 2.14. The maximum atomic E-state index is 5.00. The number of rotatable bonds is 9. The van der Waals surface area contributed by atoms with E-state index in [-0.39, 0.29) is 0 Å². The summed E-state index contributed by atoms with van der Waals surface area (Å²) in [5.41, 5.74) is 4.47. The van der Waals surface area contributed by atoms with Gasteiger partial charge in [-0.25, -0.2) is 14.8 Å². The van der Waals surface area contributed by atoms with Gasteiger partial charge in [-0.2, -0.15) is 5.10 Å². The third kappa shape index (κ3) is 5.84. The first-order valence-corrected chi connectivity index (χ1v) is 13.0. The zero-order valence-electron chi connectivity index (χ0n) is 20.8. The molecule has 7 nitrogen and oxygen atoms in total. The Morgan fingerprint density at radius 3 is 2.46 bits per heavy atom. The molecule has 1 N–H and O–H groups in total. The van der Waals surface area contributed by atoms with Crippen molar-refractivity contribution < 1.29 is 0 Å². The fraction of sp³-hybridized carbons (Fsp3) is 0.464. The van der Waals surface area contributed by atoms with Gasteiger partial charge in [-0.05, 0) is 45.4 Å². The minimum atomic E-state index is 0.533. The molecule has 1 saturated carbocycles. The van der Waals surface area contributed by atoms with Gasteiger partial charge >= 0.3 is 0 Å². The van der Waals surface area contributed by atoms with Crippen LogP contribution in [0.1, 0.15) is 69.6 Å². The number of aromatic nitrogens is 7. The van der Waals surface area contributed by atoms with E-state index in [1.807, 2.05) is 18.2 Å². The van der Waals surface area contributed by atoms with E-state index in [4.69, 9.17) is 10.1 Å². The fourth-order valence-corrected chi connectivity index (χ4v) is 5.16. The lowest BCUT2D eigenvalue weighted by atomic mass is 9.86. The van der Waals surface area contributed by atoms with Gasteiger partial charge in [-0.15, -0.1) is 5.10 Å². The highest BCUT2D eigenvalue weighted by atomic mass is 15.5. The zero-order chi connectivity index (χ0) is 24.0. The minimum absolute atomic E-state index is 0.533. The Balaban J connectivity index is 1.32. The summed E-state index contributed by atoms with van der Waals surface area (Å²) in [5.74, 6) is 4.14. The van der Waals surface area contributed by atoms with Crippen LogP contribution < -0.4 is 0 Å². The normalized spacial score (nSPS) is 14.6. The molecular weight excluding hydrogens is 434 g/mol. The second-order valence-corrected chi connectivity index (χ2v) is 10.2. The highest BCUT2D eigenvalue weighted by Crippen LogP contribution is 2.30. The predicted molar refractivity (Wildman–Crippen MR) is 138 cm³/mol. The first kappa shape index (κ1) is 23.4. The highest BCUT2D eigenvalue weighted by molar-refractivity contribution is 5.80. The number of benzene rings is 2. The van der Waals surface area contributed by atoms with Gasteiger partial charge in [0.25, 0.3) is 0 Å². The van der Waals surface area contributed by atoms with Gasteiger partial charge in [0.15, 0.2) is 11.6 Å². The number of aryl methyl sites for hydroxylation is 1. The molecule has 5 rings (SSSR count). The fourth-order valence-electron chi connectivity index (χ4n) is 5.16. The molecule has 4 aromatic rings. The van der Waals surface area contributed by atoms with Crippen LogP contribution in [0.15, 0.2) is 48.5 Å². The van der Waals surface area contributed by atoms with Gasteiger partial charge in [0.2, 0.25) is 0 Å². The number of aromatic amines is 1. The van der Waals surface area contributed by atoms with Crippen LogP contribution >= 0.6 is 0 Å². The van der Waals surface area contributed by atoms with Crippen molar-refractivity contribution in [3.8, 4) is 22.5 Å². The third-order valence-electron chi connectivity index (χ3n) is 6.99. The Kier molecular flexibility index (Phi) is 7.31. The average molecular weight is 470 g/mol. The lowest BCUT2D eigenvalue weighted by molar-refractivity contribution is 0.337. The molecule has 0 amide bonds. The summed E-state index contributed by atoms with van der Waals surface area (Å²) in [6.07, 6.45) is 9.95. The second-order valence-electron chi connectivity index (χ2n) is 10.2. The van der Waals surface area contributed by atoms with E-state index in [9.17, 15) is 0 Å². The van der Waals surface area contributed by atoms with Crippen molar-refractivity contribution in [2.75, 3.05) is 0 Å². The van der Waals surface area contributed by atoms with E-state index >= 15 is 0 Å². The van der Waals surface area contributed by atoms with E-state index in [1.165, 1.54) is 44.1 Å². The van der Waals surface area contributed by atoms with Gasteiger partial charge in [0.1, 0.15) is 5.82 Å².